The van der Waals surface area contributed by atoms with Gasteiger partial charge in [0.15, 0.2) is 0 Å². The largest absolute Gasteiger partial charge is 0.399 e. The summed E-state index contributed by atoms with van der Waals surface area (Å²) in [5, 5.41) is 18.6. The highest BCUT2D eigenvalue weighted by Gasteiger charge is 2.04. The zero-order valence-corrected chi connectivity index (χ0v) is 10.3. The third-order valence-electron chi connectivity index (χ3n) is 2.57. The van der Waals surface area contributed by atoms with E-state index < -0.39 is 4.92 Å². The summed E-state index contributed by atoms with van der Waals surface area (Å²) in [6, 6.07) is 11.3. The number of aryl methyl sites for hydroxylation is 1. The molecule has 0 atom stereocenters. The molecule has 19 heavy (non-hydrogen) atoms. The van der Waals surface area contributed by atoms with E-state index in [0.29, 0.717) is 17.1 Å². The van der Waals surface area contributed by atoms with Crippen LogP contribution < -0.4 is 5.73 Å². The van der Waals surface area contributed by atoms with E-state index in [9.17, 15) is 10.1 Å². The number of non-ortho nitro benzene ring substituents is 1. The van der Waals surface area contributed by atoms with E-state index in [0.717, 1.165) is 5.56 Å². The minimum Gasteiger partial charge on any atom is -0.399 e. The van der Waals surface area contributed by atoms with Gasteiger partial charge in [0.2, 0.25) is 0 Å². The molecule has 6 heteroatoms. The molecule has 0 aliphatic heterocycles. The van der Waals surface area contributed by atoms with E-state index >= 15 is 0 Å². The predicted octanol–water partition coefficient (Wildman–Crippen LogP) is 3.90. The van der Waals surface area contributed by atoms with Crippen LogP contribution >= 0.6 is 0 Å². The lowest BCUT2D eigenvalue weighted by Gasteiger charge is -1.99. The molecule has 2 aromatic rings. The van der Waals surface area contributed by atoms with E-state index in [1.54, 1.807) is 30.3 Å². The maximum atomic E-state index is 10.6. The van der Waals surface area contributed by atoms with Gasteiger partial charge in [0, 0.05) is 17.8 Å². The molecule has 0 fully saturated rings. The lowest BCUT2D eigenvalue weighted by Crippen LogP contribution is -1.87. The third kappa shape index (κ3) is 3.12. The Morgan fingerprint density at radius 3 is 2.42 bits per heavy atom. The highest BCUT2D eigenvalue weighted by Crippen LogP contribution is 2.24. The maximum absolute atomic E-state index is 10.6. The SMILES string of the molecule is Cc1cc(N=Nc2cccc([N+](=O)[O-])c2)ccc1N. The van der Waals surface area contributed by atoms with Crippen LogP contribution in [-0.4, -0.2) is 4.92 Å². The molecule has 0 amide bonds. The quantitative estimate of drug-likeness (QED) is 0.390. The number of nitro groups is 1. The van der Waals surface area contributed by atoms with Gasteiger partial charge in [0.05, 0.1) is 16.3 Å². The molecule has 0 bridgehead atoms. The lowest BCUT2D eigenvalue weighted by atomic mass is 10.2. The number of anilines is 1. The molecule has 0 aliphatic carbocycles. The molecule has 0 aromatic heterocycles. The Balaban J connectivity index is 2.24. The van der Waals surface area contributed by atoms with Crippen molar-refractivity contribution in [3.8, 4) is 0 Å². The fourth-order valence-electron chi connectivity index (χ4n) is 1.51. The van der Waals surface area contributed by atoms with Gasteiger partial charge in [0.1, 0.15) is 0 Å². The minimum absolute atomic E-state index is 0.00932. The van der Waals surface area contributed by atoms with E-state index in [2.05, 4.69) is 10.2 Å². The number of nitrogens with two attached hydrogens (primary N) is 1. The Labute approximate surface area is 109 Å². The average Bonchev–Trinajstić information content (AvgIpc) is 2.40. The molecule has 0 radical (unpaired) electrons. The Kier molecular flexibility index (Phi) is 3.51. The number of benzene rings is 2. The smallest absolute Gasteiger partial charge is 0.271 e. The second kappa shape index (κ2) is 5.26. The fraction of sp³-hybridized carbons (Fsp3) is 0.0769. The van der Waals surface area contributed by atoms with Crippen molar-refractivity contribution < 1.29 is 4.92 Å². The van der Waals surface area contributed by atoms with E-state index in [-0.39, 0.29) is 5.69 Å². The van der Waals surface area contributed by atoms with E-state index in [1.807, 2.05) is 6.92 Å². The predicted molar refractivity (Wildman–Crippen MR) is 72.9 cm³/mol. The first-order valence-corrected chi connectivity index (χ1v) is 5.58. The fourth-order valence-corrected chi connectivity index (χ4v) is 1.51. The average molecular weight is 256 g/mol. The number of nitro benzene ring substituents is 1. The van der Waals surface area contributed by atoms with Gasteiger partial charge < -0.3 is 5.73 Å². The maximum Gasteiger partial charge on any atom is 0.271 e. The summed E-state index contributed by atoms with van der Waals surface area (Å²) in [5.41, 5.74) is 8.38. The Morgan fingerprint density at radius 2 is 1.79 bits per heavy atom. The number of nitrogen functional groups attached to an aromatic ring is 1. The monoisotopic (exact) mass is 256 g/mol. The number of hydrogen-bond donors (Lipinski definition) is 1. The molecule has 96 valence electrons. The second-order valence-electron chi connectivity index (χ2n) is 4.02. The third-order valence-corrected chi connectivity index (χ3v) is 2.57. The van der Waals surface area contributed by atoms with Crippen LogP contribution in [0.1, 0.15) is 5.56 Å². The van der Waals surface area contributed by atoms with Gasteiger partial charge in [-0.1, -0.05) is 6.07 Å². The zero-order chi connectivity index (χ0) is 13.8. The molecule has 2 aromatic carbocycles. The van der Waals surface area contributed by atoms with Crippen molar-refractivity contribution in [2.45, 2.75) is 6.92 Å². The first-order chi connectivity index (χ1) is 9.06. The Hall–Kier alpha value is -2.76. The summed E-state index contributed by atoms with van der Waals surface area (Å²) in [6.45, 7) is 1.88. The number of hydrogen-bond acceptors (Lipinski definition) is 5. The second-order valence-corrected chi connectivity index (χ2v) is 4.02. The van der Waals surface area contributed by atoms with Crippen LogP contribution in [0.3, 0.4) is 0 Å². The summed E-state index contributed by atoms with van der Waals surface area (Å²) in [4.78, 5) is 10.2. The van der Waals surface area contributed by atoms with Gasteiger partial charge in [-0.15, -0.1) is 0 Å². The van der Waals surface area contributed by atoms with Gasteiger partial charge in [-0.2, -0.15) is 10.2 Å². The van der Waals surface area contributed by atoms with Crippen LogP contribution in [0.25, 0.3) is 0 Å². The zero-order valence-electron chi connectivity index (χ0n) is 10.3. The molecule has 0 spiro atoms. The van der Waals surface area contributed by atoms with Gasteiger partial charge in [-0.3, -0.25) is 10.1 Å². The molecule has 0 saturated carbocycles. The van der Waals surface area contributed by atoms with Gasteiger partial charge in [0.25, 0.3) is 5.69 Å². The Morgan fingerprint density at radius 1 is 1.11 bits per heavy atom. The first kappa shape index (κ1) is 12.7. The number of azo groups is 1. The summed E-state index contributed by atoms with van der Waals surface area (Å²) in [7, 11) is 0. The van der Waals surface area contributed by atoms with Gasteiger partial charge in [-0.05, 0) is 36.8 Å². The molecule has 0 heterocycles. The van der Waals surface area contributed by atoms with Crippen molar-refractivity contribution in [2.24, 2.45) is 10.2 Å². The van der Waals surface area contributed by atoms with Crippen LogP contribution in [0.5, 0.6) is 0 Å². The minimum atomic E-state index is -0.466. The van der Waals surface area contributed by atoms with Crippen molar-refractivity contribution >= 4 is 22.7 Å². The lowest BCUT2D eigenvalue weighted by molar-refractivity contribution is -0.384. The summed E-state index contributed by atoms with van der Waals surface area (Å²) < 4.78 is 0. The Bertz CT molecular complexity index is 653. The summed E-state index contributed by atoms with van der Waals surface area (Å²) in [6.07, 6.45) is 0. The van der Waals surface area contributed by atoms with Gasteiger partial charge in [-0.25, -0.2) is 0 Å². The normalized spacial score (nSPS) is 10.8. The van der Waals surface area contributed by atoms with Crippen LogP contribution in [0.2, 0.25) is 0 Å². The first-order valence-electron chi connectivity index (χ1n) is 5.58. The summed E-state index contributed by atoms with van der Waals surface area (Å²) >= 11 is 0. The topological polar surface area (TPSA) is 93.9 Å². The number of nitrogens with zero attached hydrogens (tertiary/aromatic N) is 3. The number of rotatable bonds is 3. The van der Waals surface area contributed by atoms with E-state index in [1.165, 1.54) is 12.1 Å². The van der Waals surface area contributed by atoms with Crippen LogP contribution in [0.15, 0.2) is 52.7 Å². The van der Waals surface area contributed by atoms with Crippen molar-refractivity contribution in [1.29, 1.82) is 0 Å². The molecule has 0 unspecified atom stereocenters. The van der Waals surface area contributed by atoms with Crippen molar-refractivity contribution in [2.75, 3.05) is 5.73 Å². The van der Waals surface area contributed by atoms with Crippen LogP contribution in [0.4, 0.5) is 22.7 Å². The molecule has 0 aliphatic rings. The van der Waals surface area contributed by atoms with Crippen LogP contribution in [0, 0.1) is 17.0 Å². The van der Waals surface area contributed by atoms with Crippen molar-refractivity contribution in [3.63, 3.8) is 0 Å². The molecular formula is C13H12N4O2. The molecule has 2 N–H and O–H groups in total. The molecular weight excluding hydrogens is 244 g/mol. The van der Waals surface area contributed by atoms with E-state index in [4.69, 9.17) is 5.73 Å². The van der Waals surface area contributed by atoms with Gasteiger partial charge >= 0.3 is 0 Å². The van der Waals surface area contributed by atoms with Crippen molar-refractivity contribution in [1.82, 2.24) is 0 Å². The highest BCUT2D eigenvalue weighted by atomic mass is 16.6. The van der Waals surface area contributed by atoms with Crippen LogP contribution in [-0.2, 0) is 0 Å². The highest BCUT2D eigenvalue weighted by molar-refractivity contribution is 5.54. The summed E-state index contributed by atoms with van der Waals surface area (Å²) in [5.74, 6) is 0. The molecule has 2 rings (SSSR count). The molecule has 0 saturated heterocycles. The molecule has 6 nitrogen and oxygen atoms in total. The standard InChI is InChI=1S/C13H12N4O2/c1-9-7-11(5-6-13(9)14)16-15-10-3-2-4-12(8-10)17(18)19/h2-8H,14H2,1H3. The van der Waals surface area contributed by atoms with Crippen molar-refractivity contribution in [3.05, 3.63) is 58.1 Å².